The number of hydrogen-bond donors (Lipinski definition) is 0. The molecule has 0 spiro atoms. The summed E-state index contributed by atoms with van der Waals surface area (Å²) in [5.41, 5.74) is 0. The predicted octanol–water partition coefficient (Wildman–Crippen LogP) is 2.41. The lowest BCUT2D eigenvalue weighted by Crippen LogP contribution is -2.37. The van der Waals surface area contributed by atoms with Gasteiger partial charge in [0.15, 0.2) is 0 Å². The molecule has 0 amide bonds. The molecule has 0 atom stereocenters. The van der Waals surface area contributed by atoms with Crippen molar-refractivity contribution in [1.82, 2.24) is 9.21 Å². The van der Waals surface area contributed by atoms with E-state index in [0.29, 0.717) is 29.0 Å². The Bertz CT molecular complexity index is 503. The van der Waals surface area contributed by atoms with Crippen LogP contribution >= 0.6 is 15.9 Å². The van der Waals surface area contributed by atoms with Crippen molar-refractivity contribution in [3.8, 4) is 0 Å². The topological polar surface area (TPSA) is 40.6 Å². The molecule has 19 heavy (non-hydrogen) atoms. The number of rotatable bonds is 7. The number of nitrogens with zero attached hydrogens (tertiary/aromatic N) is 2. The number of halogens is 1. The highest BCUT2D eigenvalue weighted by molar-refractivity contribution is 9.10. The molecular weight excluding hydrogens is 328 g/mol. The van der Waals surface area contributed by atoms with Crippen molar-refractivity contribution in [1.29, 1.82) is 0 Å². The summed E-state index contributed by atoms with van der Waals surface area (Å²) in [4.78, 5) is 2.32. The van der Waals surface area contributed by atoms with Crippen molar-refractivity contribution in [2.45, 2.75) is 18.2 Å². The highest BCUT2D eigenvalue weighted by Gasteiger charge is 2.25. The summed E-state index contributed by atoms with van der Waals surface area (Å²) in [7, 11) is 0.450. The predicted molar refractivity (Wildman–Crippen MR) is 81.7 cm³/mol. The Balaban J connectivity index is 3.03. The minimum Gasteiger partial charge on any atom is -0.308 e. The van der Waals surface area contributed by atoms with E-state index in [2.05, 4.69) is 15.9 Å². The number of benzene rings is 1. The average molecular weight is 349 g/mol. The quantitative estimate of drug-likeness (QED) is 0.759. The van der Waals surface area contributed by atoms with Crippen LogP contribution in [0.2, 0.25) is 0 Å². The summed E-state index contributed by atoms with van der Waals surface area (Å²) in [5.74, 6) is 0. The molecule has 0 fully saturated rings. The first-order chi connectivity index (χ1) is 8.89. The summed E-state index contributed by atoms with van der Waals surface area (Å²) >= 11 is 3.32. The second-order valence-corrected chi connectivity index (χ2v) is 7.40. The van der Waals surface area contributed by atoms with Crippen molar-refractivity contribution in [2.24, 2.45) is 0 Å². The maximum atomic E-state index is 12.6. The molecule has 0 saturated heterocycles. The molecule has 0 unspecified atom stereocenters. The lowest BCUT2D eigenvalue weighted by atomic mass is 10.4. The Kier molecular flexibility index (Phi) is 6.46. The molecule has 108 valence electrons. The second kappa shape index (κ2) is 7.38. The maximum absolute atomic E-state index is 12.6. The van der Waals surface area contributed by atoms with Crippen LogP contribution in [0, 0.1) is 0 Å². The van der Waals surface area contributed by atoms with E-state index in [4.69, 9.17) is 0 Å². The van der Waals surface area contributed by atoms with Crippen LogP contribution in [0.1, 0.15) is 13.3 Å². The SMILES string of the molecule is CCCN(CCN(C)C)S(=O)(=O)c1ccccc1Br. The molecule has 1 rings (SSSR count). The number of hydrogen-bond acceptors (Lipinski definition) is 3. The molecule has 0 aromatic heterocycles. The first kappa shape index (κ1) is 16.6. The van der Waals surface area contributed by atoms with Gasteiger partial charge < -0.3 is 4.90 Å². The fourth-order valence-corrected chi connectivity index (χ4v) is 4.19. The highest BCUT2D eigenvalue weighted by atomic mass is 79.9. The zero-order valence-electron chi connectivity index (χ0n) is 11.6. The third kappa shape index (κ3) is 4.56. The fourth-order valence-electron chi connectivity index (χ4n) is 1.71. The Hall–Kier alpha value is -0.430. The number of sulfonamides is 1. The fraction of sp³-hybridized carbons (Fsp3) is 0.538. The summed E-state index contributed by atoms with van der Waals surface area (Å²) in [6.45, 7) is 3.74. The molecular formula is C13H21BrN2O2S. The summed E-state index contributed by atoms with van der Waals surface area (Å²) in [6.07, 6.45) is 0.803. The van der Waals surface area contributed by atoms with Crippen LogP contribution in [0.15, 0.2) is 33.6 Å². The van der Waals surface area contributed by atoms with Crippen molar-refractivity contribution < 1.29 is 8.42 Å². The summed E-state index contributed by atoms with van der Waals surface area (Å²) in [5, 5.41) is 0. The van der Waals surface area contributed by atoms with E-state index in [1.807, 2.05) is 32.0 Å². The third-order valence-electron chi connectivity index (χ3n) is 2.72. The Morgan fingerprint density at radius 3 is 2.26 bits per heavy atom. The van der Waals surface area contributed by atoms with Crippen LogP contribution in [0.3, 0.4) is 0 Å². The van der Waals surface area contributed by atoms with Gasteiger partial charge in [-0.25, -0.2) is 8.42 Å². The van der Waals surface area contributed by atoms with E-state index in [1.54, 1.807) is 22.5 Å². The van der Waals surface area contributed by atoms with E-state index >= 15 is 0 Å². The molecule has 4 nitrogen and oxygen atoms in total. The lowest BCUT2D eigenvalue weighted by molar-refractivity contribution is 0.333. The van der Waals surface area contributed by atoms with Gasteiger partial charge in [-0.1, -0.05) is 19.1 Å². The maximum Gasteiger partial charge on any atom is 0.244 e. The van der Waals surface area contributed by atoms with Crippen LogP contribution in [0.4, 0.5) is 0 Å². The van der Waals surface area contributed by atoms with Gasteiger partial charge >= 0.3 is 0 Å². The Morgan fingerprint density at radius 2 is 1.74 bits per heavy atom. The highest BCUT2D eigenvalue weighted by Crippen LogP contribution is 2.24. The van der Waals surface area contributed by atoms with Crippen LogP contribution in [0.5, 0.6) is 0 Å². The van der Waals surface area contributed by atoms with Crippen LogP contribution in [-0.4, -0.2) is 51.4 Å². The third-order valence-corrected chi connectivity index (χ3v) is 5.63. The van der Waals surface area contributed by atoms with Gasteiger partial charge in [0.1, 0.15) is 0 Å². The van der Waals surface area contributed by atoms with Gasteiger partial charge in [0.05, 0.1) is 4.90 Å². The molecule has 0 aliphatic carbocycles. The number of likely N-dealkylation sites (N-methyl/N-ethyl adjacent to an activating group) is 1. The van der Waals surface area contributed by atoms with E-state index in [1.165, 1.54) is 0 Å². The van der Waals surface area contributed by atoms with Gasteiger partial charge in [-0.15, -0.1) is 0 Å². The van der Waals surface area contributed by atoms with Crippen LogP contribution in [0.25, 0.3) is 0 Å². The molecule has 1 aromatic rings. The van der Waals surface area contributed by atoms with E-state index < -0.39 is 10.0 Å². The van der Waals surface area contributed by atoms with Gasteiger partial charge in [0.25, 0.3) is 0 Å². The molecule has 0 heterocycles. The lowest BCUT2D eigenvalue weighted by Gasteiger charge is -2.23. The molecule has 0 bridgehead atoms. The molecule has 6 heteroatoms. The summed E-state index contributed by atoms with van der Waals surface area (Å²) < 4.78 is 27.4. The van der Waals surface area contributed by atoms with Crippen LogP contribution in [-0.2, 0) is 10.0 Å². The smallest absolute Gasteiger partial charge is 0.244 e. The molecule has 0 N–H and O–H groups in total. The van der Waals surface area contributed by atoms with Gasteiger partial charge in [0, 0.05) is 24.1 Å². The zero-order valence-corrected chi connectivity index (χ0v) is 14.0. The Labute approximate surface area is 124 Å². The largest absolute Gasteiger partial charge is 0.308 e. The van der Waals surface area contributed by atoms with E-state index in [0.717, 1.165) is 6.42 Å². The molecule has 0 aliphatic heterocycles. The van der Waals surface area contributed by atoms with Crippen molar-refractivity contribution in [3.63, 3.8) is 0 Å². The second-order valence-electron chi connectivity index (χ2n) is 4.64. The van der Waals surface area contributed by atoms with Gasteiger partial charge in [-0.05, 0) is 48.6 Å². The van der Waals surface area contributed by atoms with E-state index in [-0.39, 0.29) is 0 Å². The van der Waals surface area contributed by atoms with Gasteiger partial charge in [-0.3, -0.25) is 0 Å². The minimum atomic E-state index is -3.43. The standard InChI is InChI=1S/C13H21BrN2O2S/c1-4-9-16(11-10-15(2)3)19(17,18)13-8-6-5-7-12(13)14/h5-8H,4,9-11H2,1-3H3. The Morgan fingerprint density at radius 1 is 1.11 bits per heavy atom. The van der Waals surface area contributed by atoms with Crippen molar-refractivity contribution in [3.05, 3.63) is 28.7 Å². The average Bonchev–Trinajstić information content (AvgIpc) is 2.34. The van der Waals surface area contributed by atoms with Crippen molar-refractivity contribution in [2.75, 3.05) is 33.7 Å². The van der Waals surface area contributed by atoms with E-state index in [9.17, 15) is 8.42 Å². The molecule has 0 aliphatic rings. The zero-order chi connectivity index (χ0) is 14.5. The monoisotopic (exact) mass is 348 g/mol. The molecule has 1 aromatic carbocycles. The normalized spacial score (nSPS) is 12.3. The first-order valence-electron chi connectivity index (χ1n) is 6.29. The van der Waals surface area contributed by atoms with Gasteiger partial charge in [0.2, 0.25) is 10.0 Å². The van der Waals surface area contributed by atoms with Gasteiger partial charge in [-0.2, -0.15) is 4.31 Å². The first-order valence-corrected chi connectivity index (χ1v) is 8.52. The minimum absolute atomic E-state index is 0.335. The summed E-state index contributed by atoms with van der Waals surface area (Å²) in [6, 6.07) is 6.95. The van der Waals surface area contributed by atoms with Crippen molar-refractivity contribution >= 4 is 26.0 Å². The molecule has 0 radical (unpaired) electrons. The molecule has 0 saturated carbocycles. The van der Waals surface area contributed by atoms with Crippen LogP contribution < -0.4 is 0 Å².